The fourth-order valence-corrected chi connectivity index (χ4v) is 1.90. The van der Waals surface area contributed by atoms with Gasteiger partial charge in [-0.3, -0.25) is 4.79 Å². The van der Waals surface area contributed by atoms with Gasteiger partial charge in [-0.05, 0) is 42.7 Å². The summed E-state index contributed by atoms with van der Waals surface area (Å²) < 4.78 is 0. The Kier molecular flexibility index (Phi) is 3.85. The third kappa shape index (κ3) is 3.35. The highest BCUT2D eigenvalue weighted by Crippen LogP contribution is 2.17. The van der Waals surface area contributed by atoms with Crippen LogP contribution < -0.4 is 11.1 Å². The lowest BCUT2D eigenvalue weighted by molar-refractivity contribution is -0.115. The average molecular weight is 254 g/mol. The molecular weight excluding hydrogens is 236 g/mol. The molecule has 98 valence electrons. The summed E-state index contributed by atoms with van der Waals surface area (Å²) in [5.41, 5.74) is 10.5. The molecule has 0 aliphatic carbocycles. The van der Waals surface area contributed by atoms with Crippen LogP contribution in [-0.4, -0.2) is 5.91 Å². The molecule has 0 bridgehead atoms. The average Bonchev–Trinajstić information content (AvgIpc) is 2.37. The van der Waals surface area contributed by atoms with E-state index in [2.05, 4.69) is 12.2 Å². The second-order valence-corrected chi connectivity index (χ2v) is 4.73. The normalized spacial score (nSPS) is 10.2. The minimum Gasteiger partial charge on any atom is -0.397 e. The second kappa shape index (κ2) is 5.57. The molecule has 0 aliphatic heterocycles. The summed E-state index contributed by atoms with van der Waals surface area (Å²) in [4.78, 5) is 12.0. The van der Waals surface area contributed by atoms with Gasteiger partial charge in [-0.25, -0.2) is 0 Å². The molecule has 0 saturated heterocycles. The standard InChI is InChI=1S/C16H18N2O/c1-11-7-8-13(9-12(11)2)10-16(19)18-15-6-4-3-5-14(15)17/h3-9H,10,17H2,1-2H3,(H,18,19). The first kappa shape index (κ1) is 13.1. The number of nitrogens with two attached hydrogens (primary N) is 1. The number of benzene rings is 2. The molecule has 0 aliphatic rings. The van der Waals surface area contributed by atoms with E-state index in [0.717, 1.165) is 5.56 Å². The number of anilines is 2. The Hall–Kier alpha value is -2.29. The quantitative estimate of drug-likeness (QED) is 0.827. The largest absolute Gasteiger partial charge is 0.397 e. The molecule has 2 rings (SSSR count). The van der Waals surface area contributed by atoms with E-state index in [1.807, 2.05) is 37.3 Å². The SMILES string of the molecule is Cc1ccc(CC(=O)Nc2ccccc2N)cc1C. The van der Waals surface area contributed by atoms with Crippen molar-refractivity contribution in [3.63, 3.8) is 0 Å². The van der Waals surface area contributed by atoms with Crippen LogP contribution in [0.1, 0.15) is 16.7 Å². The maximum atomic E-state index is 12.0. The first-order valence-corrected chi connectivity index (χ1v) is 6.27. The Balaban J connectivity index is 2.05. The van der Waals surface area contributed by atoms with Crippen LogP contribution in [0.4, 0.5) is 11.4 Å². The van der Waals surface area contributed by atoms with Crippen molar-refractivity contribution in [1.29, 1.82) is 0 Å². The summed E-state index contributed by atoms with van der Waals surface area (Å²) in [6.45, 7) is 4.11. The minimum absolute atomic E-state index is 0.0545. The molecule has 2 aromatic carbocycles. The minimum atomic E-state index is -0.0545. The Morgan fingerprint density at radius 1 is 1.11 bits per heavy atom. The van der Waals surface area contributed by atoms with Crippen LogP contribution >= 0.6 is 0 Å². The van der Waals surface area contributed by atoms with Crippen LogP contribution in [0.3, 0.4) is 0 Å². The van der Waals surface area contributed by atoms with E-state index in [9.17, 15) is 4.79 Å². The molecule has 3 N–H and O–H groups in total. The first-order chi connectivity index (χ1) is 9.06. The maximum Gasteiger partial charge on any atom is 0.228 e. The fourth-order valence-electron chi connectivity index (χ4n) is 1.90. The lowest BCUT2D eigenvalue weighted by Crippen LogP contribution is -2.15. The van der Waals surface area contributed by atoms with E-state index >= 15 is 0 Å². The summed E-state index contributed by atoms with van der Waals surface area (Å²) in [7, 11) is 0. The number of para-hydroxylation sites is 2. The highest BCUT2D eigenvalue weighted by atomic mass is 16.1. The third-order valence-electron chi connectivity index (χ3n) is 3.17. The molecule has 0 atom stereocenters. The number of aryl methyl sites for hydroxylation is 2. The van der Waals surface area contributed by atoms with E-state index in [1.54, 1.807) is 12.1 Å². The molecule has 3 nitrogen and oxygen atoms in total. The molecular formula is C16H18N2O. The first-order valence-electron chi connectivity index (χ1n) is 6.27. The van der Waals surface area contributed by atoms with E-state index in [4.69, 9.17) is 5.73 Å². The molecule has 0 fully saturated rings. The van der Waals surface area contributed by atoms with Crippen molar-refractivity contribution < 1.29 is 4.79 Å². The molecule has 0 aromatic heterocycles. The van der Waals surface area contributed by atoms with Gasteiger partial charge in [0.2, 0.25) is 5.91 Å². The summed E-state index contributed by atoms with van der Waals surface area (Å²) in [6.07, 6.45) is 0.357. The summed E-state index contributed by atoms with van der Waals surface area (Å²) in [6, 6.07) is 13.3. The Bertz CT molecular complexity index is 605. The molecule has 0 radical (unpaired) electrons. The molecule has 1 amide bonds. The van der Waals surface area contributed by atoms with Crippen LogP contribution in [0, 0.1) is 13.8 Å². The van der Waals surface area contributed by atoms with Crippen LogP contribution in [-0.2, 0) is 11.2 Å². The van der Waals surface area contributed by atoms with Crippen molar-refractivity contribution in [2.75, 3.05) is 11.1 Å². The fraction of sp³-hybridized carbons (Fsp3) is 0.188. The van der Waals surface area contributed by atoms with Gasteiger partial charge in [0, 0.05) is 0 Å². The number of carbonyl (C=O) groups is 1. The second-order valence-electron chi connectivity index (χ2n) is 4.73. The van der Waals surface area contributed by atoms with Gasteiger partial charge in [-0.2, -0.15) is 0 Å². The Morgan fingerprint density at radius 2 is 1.84 bits per heavy atom. The predicted molar refractivity (Wildman–Crippen MR) is 79.1 cm³/mol. The molecule has 0 spiro atoms. The van der Waals surface area contributed by atoms with Gasteiger partial charge in [-0.15, -0.1) is 0 Å². The molecule has 19 heavy (non-hydrogen) atoms. The Morgan fingerprint density at radius 3 is 2.53 bits per heavy atom. The molecule has 3 heteroatoms. The lowest BCUT2D eigenvalue weighted by Gasteiger charge is -2.09. The monoisotopic (exact) mass is 254 g/mol. The van der Waals surface area contributed by atoms with Gasteiger partial charge < -0.3 is 11.1 Å². The van der Waals surface area contributed by atoms with Crippen LogP contribution in [0.5, 0.6) is 0 Å². The Labute approximate surface area is 113 Å². The molecule has 2 aromatic rings. The molecule has 0 heterocycles. The van der Waals surface area contributed by atoms with Crippen molar-refractivity contribution in [2.24, 2.45) is 0 Å². The van der Waals surface area contributed by atoms with E-state index < -0.39 is 0 Å². The summed E-state index contributed by atoms with van der Waals surface area (Å²) in [5.74, 6) is -0.0545. The lowest BCUT2D eigenvalue weighted by atomic mass is 10.0. The van der Waals surface area contributed by atoms with E-state index in [-0.39, 0.29) is 5.91 Å². The molecule has 0 unspecified atom stereocenters. The predicted octanol–water partition coefficient (Wildman–Crippen LogP) is 3.07. The zero-order chi connectivity index (χ0) is 13.8. The summed E-state index contributed by atoms with van der Waals surface area (Å²) in [5, 5.41) is 2.83. The van der Waals surface area contributed by atoms with Gasteiger partial charge in [0.25, 0.3) is 0 Å². The molecule has 0 saturated carbocycles. The van der Waals surface area contributed by atoms with Gasteiger partial charge in [0.05, 0.1) is 17.8 Å². The summed E-state index contributed by atoms with van der Waals surface area (Å²) >= 11 is 0. The van der Waals surface area contributed by atoms with Crippen molar-refractivity contribution in [3.05, 3.63) is 59.2 Å². The highest BCUT2D eigenvalue weighted by molar-refractivity contribution is 5.95. The van der Waals surface area contributed by atoms with Gasteiger partial charge in [0.15, 0.2) is 0 Å². The van der Waals surface area contributed by atoms with Gasteiger partial charge in [-0.1, -0.05) is 30.3 Å². The number of carbonyl (C=O) groups excluding carboxylic acids is 1. The van der Waals surface area contributed by atoms with Crippen molar-refractivity contribution in [2.45, 2.75) is 20.3 Å². The number of rotatable bonds is 3. The van der Waals surface area contributed by atoms with E-state index in [1.165, 1.54) is 11.1 Å². The van der Waals surface area contributed by atoms with Crippen molar-refractivity contribution in [1.82, 2.24) is 0 Å². The van der Waals surface area contributed by atoms with Gasteiger partial charge >= 0.3 is 0 Å². The van der Waals surface area contributed by atoms with Gasteiger partial charge in [0.1, 0.15) is 0 Å². The highest BCUT2D eigenvalue weighted by Gasteiger charge is 2.06. The van der Waals surface area contributed by atoms with Crippen molar-refractivity contribution in [3.8, 4) is 0 Å². The zero-order valence-electron chi connectivity index (χ0n) is 11.2. The number of nitrogens with one attached hydrogen (secondary N) is 1. The topological polar surface area (TPSA) is 55.1 Å². The van der Waals surface area contributed by atoms with Crippen LogP contribution in [0.2, 0.25) is 0 Å². The number of nitrogen functional groups attached to an aromatic ring is 1. The number of amides is 1. The van der Waals surface area contributed by atoms with Crippen LogP contribution in [0.25, 0.3) is 0 Å². The number of hydrogen-bond acceptors (Lipinski definition) is 2. The smallest absolute Gasteiger partial charge is 0.228 e. The number of hydrogen-bond donors (Lipinski definition) is 2. The van der Waals surface area contributed by atoms with Crippen LogP contribution in [0.15, 0.2) is 42.5 Å². The third-order valence-corrected chi connectivity index (χ3v) is 3.17. The van der Waals surface area contributed by atoms with E-state index in [0.29, 0.717) is 17.8 Å². The zero-order valence-corrected chi connectivity index (χ0v) is 11.2. The van der Waals surface area contributed by atoms with Crippen molar-refractivity contribution >= 4 is 17.3 Å². The maximum absolute atomic E-state index is 12.0.